The lowest BCUT2D eigenvalue weighted by molar-refractivity contribution is 0.230. The average molecular weight is 300 g/mol. The zero-order valence-corrected chi connectivity index (χ0v) is 11.1. The van der Waals surface area contributed by atoms with Crippen LogP contribution in [-0.2, 0) is 5.54 Å². The molecule has 4 heteroatoms. The first kappa shape index (κ1) is 11.5. The van der Waals surface area contributed by atoms with Gasteiger partial charge in [-0.3, -0.25) is 0 Å². The maximum absolute atomic E-state index is 13.5. The van der Waals surface area contributed by atoms with Gasteiger partial charge in [0.1, 0.15) is 11.6 Å². The van der Waals surface area contributed by atoms with Crippen LogP contribution in [0, 0.1) is 5.82 Å². The van der Waals surface area contributed by atoms with Crippen molar-refractivity contribution in [1.82, 2.24) is 0 Å². The predicted octanol–water partition coefficient (Wildman–Crippen LogP) is 3.47. The van der Waals surface area contributed by atoms with Crippen LogP contribution in [0.25, 0.3) is 0 Å². The summed E-state index contributed by atoms with van der Waals surface area (Å²) in [4.78, 5) is 0. The Morgan fingerprint density at radius 3 is 2.59 bits per heavy atom. The van der Waals surface area contributed by atoms with Crippen molar-refractivity contribution in [2.75, 3.05) is 0 Å². The van der Waals surface area contributed by atoms with Gasteiger partial charge in [0.05, 0.1) is 10.6 Å². The molecular weight excluding hydrogens is 285 g/mol. The van der Waals surface area contributed by atoms with Crippen LogP contribution >= 0.6 is 15.9 Å². The second-order valence-corrected chi connectivity index (χ2v) is 5.95. The van der Waals surface area contributed by atoms with E-state index in [-0.39, 0.29) is 5.82 Å². The van der Waals surface area contributed by atoms with Crippen LogP contribution in [0.3, 0.4) is 0 Å². The lowest BCUT2D eigenvalue weighted by atomic mass is 9.72. The number of halogens is 2. The number of hydrogen-bond acceptors (Lipinski definition) is 2. The first-order valence-corrected chi connectivity index (χ1v) is 6.83. The van der Waals surface area contributed by atoms with Crippen LogP contribution < -0.4 is 10.5 Å². The summed E-state index contributed by atoms with van der Waals surface area (Å²) in [5, 5.41) is 0. The van der Waals surface area contributed by atoms with Crippen molar-refractivity contribution < 1.29 is 9.13 Å². The fourth-order valence-electron chi connectivity index (χ4n) is 2.23. The summed E-state index contributed by atoms with van der Waals surface area (Å²) in [5.74, 6) is 0.489. The second kappa shape index (κ2) is 3.95. The van der Waals surface area contributed by atoms with E-state index in [1.165, 1.54) is 12.1 Å². The average Bonchev–Trinajstić information content (AvgIpc) is 3.02. The van der Waals surface area contributed by atoms with Crippen LogP contribution in [-0.4, -0.2) is 6.10 Å². The molecule has 0 bridgehead atoms. The monoisotopic (exact) mass is 299 g/mol. The van der Waals surface area contributed by atoms with Gasteiger partial charge in [-0.15, -0.1) is 0 Å². The lowest BCUT2D eigenvalue weighted by Crippen LogP contribution is -2.43. The highest BCUT2D eigenvalue weighted by Crippen LogP contribution is 2.46. The standard InChI is InChI=1S/C13H15BrFNO/c14-11-7-8(15)6-10(13(16)4-1-5-13)12(11)17-9-2-3-9/h6-7,9H,1-5,16H2. The van der Waals surface area contributed by atoms with Gasteiger partial charge in [-0.2, -0.15) is 0 Å². The van der Waals surface area contributed by atoms with Gasteiger partial charge in [0, 0.05) is 11.1 Å². The third kappa shape index (κ3) is 2.08. The Kier molecular flexibility index (Phi) is 2.67. The van der Waals surface area contributed by atoms with Crippen molar-refractivity contribution in [3.63, 3.8) is 0 Å². The Morgan fingerprint density at radius 1 is 1.35 bits per heavy atom. The van der Waals surface area contributed by atoms with E-state index in [4.69, 9.17) is 10.5 Å². The van der Waals surface area contributed by atoms with E-state index in [1.807, 2.05) is 0 Å². The topological polar surface area (TPSA) is 35.2 Å². The highest BCUT2D eigenvalue weighted by Gasteiger charge is 2.39. The quantitative estimate of drug-likeness (QED) is 0.927. The van der Waals surface area contributed by atoms with E-state index in [9.17, 15) is 4.39 Å². The number of ether oxygens (including phenoxy) is 1. The zero-order chi connectivity index (χ0) is 12.0. The molecule has 17 heavy (non-hydrogen) atoms. The molecule has 0 atom stereocenters. The second-order valence-electron chi connectivity index (χ2n) is 5.09. The summed E-state index contributed by atoms with van der Waals surface area (Å²) in [6.07, 6.45) is 5.38. The summed E-state index contributed by atoms with van der Waals surface area (Å²) in [7, 11) is 0. The highest BCUT2D eigenvalue weighted by molar-refractivity contribution is 9.10. The van der Waals surface area contributed by atoms with E-state index in [0.29, 0.717) is 10.6 Å². The molecule has 0 aromatic heterocycles. The number of nitrogens with two attached hydrogens (primary N) is 1. The van der Waals surface area contributed by atoms with Gasteiger partial charge in [-0.05, 0) is 60.2 Å². The zero-order valence-electron chi connectivity index (χ0n) is 9.51. The Balaban J connectivity index is 2.03. The molecule has 2 N–H and O–H groups in total. The summed E-state index contributed by atoms with van der Waals surface area (Å²) in [6, 6.07) is 2.98. The fourth-order valence-corrected chi connectivity index (χ4v) is 2.76. The number of hydrogen-bond donors (Lipinski definition) is 1. The molecule has 0 aliphatic heterocycles. The molecule has 0 saturated heterocycles. The van der Waals surface area contributed by atoms with Crippen molar-refractivity contribution in [3.05, 3.63) is 28.0 Å². The Labute approximate surface area is 108 Å². The molecule has 0 spiro atoms. The molecule has 0 radical (unpaired) electrons. The molecule has 2 saturated carbocycles. The largest absolute Gasteiger partial charge is 0.489 e. The molecule has 2 aliphatic carbocycles. The normalized spacial score (nSPS) is 22.1. The highest BCUT2D eigenvalue weighted by atomic mass is 79.9. The van der Waals surface area contributed by atoms with Gasteiger partial charge in [0.2, 0.25) is 0 Å². The Hall–Kier alpha value is -0.610. The van der Waals surface area contributed by atoms with Gasteiger partial charge in [0.25, 0.3) is 0 Å². The van der Waals surface area contributed by atoms with Gasteiger partial charge >= 0.3 is 0 Å². The molecule has 92 valence electrons. The van der Waals surface area contributed by atoms with E-state index >= 15 is 0 Å². The molecule has 1 aromatic carbocycles. The first-order valence-electron chi connectivity index (χ1n) is 6.03. The van der Waals surface area contributed by atoms with Crippen LogP contribution in [0.15, 0.2) is 16.6 Å². The summed E-state index contributed by atoms with van der Waals surface area (Å²) < 4.78 is 20.1. The van der Waals surface area contributed by atoms with Crippen molar-refractivity contribution in [2.45, 2.75) is 43.7 Å². The SMILES string of the molecule is NC1(c2cc(F)cc(Br)c2OC2CC2)CCC1. The van der Waals surface area contributed by atoms with Gasteiger partial charge in [-0.1, -0.05) is 0 Å². The van der Waals surface area contributed by atoms with E-state index in [2.05, 4.69) is 15.9 Å². The van der Waals surface area contributed by atoms with Crippen molar-refractivity contribution in [1.29, 1.82) is 0 Å². The first-order chi connectivity index (χ1) is 8.08. The molecule has 1 aromatic rings. The Bertz CT molecular complexity index is 455. The van der Waals surface area contributed by atoms with E-state index < -0.39 is 5.54 Å². The predicted molar refractivity (Wildman–Crippen MR) is 67.5 cm³/mol. The van der Waals surface area contributed by atoms with Crippen LogP contribution in [0.2, 0.25) is 0 Å². The minimum atomic E-state index is -0.394. The third-order valence-corrected chi connectivity index (χ3v) is 4.19. The van der Waals surface area contributed by atoms with Crippen LogP contribution in [0.4, 0.5) is 4.39 Å². The molecule has 2 aliphatic rings. The van der Waals surface area contributed by atoms with Crippen molar-refractivity contribution in [3.8, 4) is 5.75 Å². The van der Waals surface area contributed by atoms with Crippen molar-refractivity contribution >= 4 is 15.9 Å². The van der Waals surface area contributed by atoms with Gasteiger partial charge < -0.3 is 10.5 Å². The molecule has 3 rings (SSSR count). The molecule has 0 heterocycles. The smallest absolute Gasteiger partial charge is 0.139 e. The summed E-state index contributed by atoms with van der Waals surface area (Å²) in [5.41, 5.74) is 6.72. The third-order valence-electron chi connectivity index (χ3n) is 3.60. The number of benzene rings is 1. The fraction of sp³-hybridized carbons (Fsp3) is 0.538. The minimum absolute atomic E-state index is 0.258. The molecule has 0 unspecified atom stereocenters. The lowest BCUT2D eigenvalue weighted by Gasteiger charge is -2.39. The number of rotatable bonds is 3. The summed E-state index contributed by atoms with van der Waals surface area (Å²) in [6.45, 7) is 0. The molecule has 2 fully saturated rings. The van der Waals surface area contributed by atoms with Gasteiger partial charge in [0.15, 0.2) is 0 Å². The van der Waals surface area contributed by atoms with Crippen LogP contribution in [0.5, 0.6) is 5.75 Å². The van der Waals surface area contributed by atoms with E-state index in [1.54, 1.807) is 0 Å². The molecule has 0 amide bonds. The molecular formula is C13H15BrFNO. The molecule has 2 nitrogen and oxygen atoms in total. The summed E-state index contributed by atoms with van der Waals surface area (Å²) >= 11 is 3.38. The van der Waals surface area contributed by atoms with Gasteiger partial charge in [-0.25, -0.2) is 4.39 Å². The maximum Gasteiger partial charge on any atom is 0.139 e. The minimum Gasteiger partial charge on any atom is -0.489 e. The van der Waals surface area contributed by atoms with Crippen molar-refractivity contribution in [2.24, 2.45) is 5.73 Å². The Morgan fingerprint density at radius 2 is 2.06 bits per heavy atom. The maximum atomic E-state index is 13.5. The van der Waals surface area contributed by atoms with Crippen LogP contribution in [0.1, 0.15) is 37.7 Å². The van der Waals surface area contributed by atoms with E-state index in [0.717, 1.165) is 43.4 Å².